The number of nitrogens with one attached hydrogen (secondary N) is 2. The SMILES string of the molecule is CC(=O)N[C@@H](C(=O)N[C@@H](Cc1cccc(F)c1)C(=O)O)C(C)C. The van der Waals surface area contributed by atoms with Gasteiger partial charge in [0.05, 0.1) is 0 Å². The summed E-state index contributed by atoms with van der Waals surface area (Å²) >= 11 is 0. The number of carbonyl (C=O) groups excluding carboxylic acids is 2. The lowest BCUT2D eigenvalue weighted by atomic mass is 10.0. The Labute approximate surface area is 134 Å². The van der Waals surface area contributed by atoms with E-state index in [1.807, 2.05) is 0 Å². The summed E-state index contributed by atoms with van der Waals surface area (Å²) in [7, 11) is 0. The lowest BCUT2D eigenvalue weighted by Gasteiger charge is -2.23. The maximum atomic E-state index is 13.2. The van der Waals surface area contributed by atoms with E-state index in [1.54, 1.807) is 19.9 Å². The normalized spacial score (nSPS) is 13.3. The average molecular weight is 324 g/mol. The third-order valence-corrected chi connectivity index (χ3v) is 3.25. The molecular weight excluding hydrogens is 303 g/mol. The van der Waals surface area contributed by atoms with Gasteiger partial charge in [-0.05, 0) is 23.6 Å². The Morgan fingerprint density at radius 2 is 1.87 bits per heavy atom. The van der Waals surface area contributed by atoms with E-state index in [-0.39, 0.29) is 18.2 Å². The van der Waals surface area contributed by atoms with Gasteiger partial charge < -0.3 is 15.7 Å². The summed E-state index contributed by atoms with van der Waals surface area (Å²) in [5.41, 5.74) is 0.457. The van der Waals surface area contributed by atoms with Crippen molar-refractivity contribution >= 4 is 17.8 Å². The number of amides is 2. The van der Waals surface area contributed by atoms with Crippen LogP contribution in [0.5, 0.6) is 0 Å². The van der Waals surface area contributed by atoms with Crippen molar-refractivity contribution in [1.82, 2.24) is 10.6 Å². The molecule has 2 amide bonds. The van der Waals surface area contributed by atoms with Crippen LogP contribution >= 0.6 is 0 Å². The highest BCUT2D eigenvalue weighted by Crippen LogP contribution is 2.08. The fraction of sp³-hybridized carbons (Fsp3) is 0.438. The van der Waals surface area contributed by atoms with Gasteiger partial charge in [0.1, 0.15) is 17.9 Å². The largest absolute Gasteiger partial charge is 0.480 e. The molecule has 0 bridgehead atoms. The van der Waals surface area contributed by atoms with Crippen molar-refractivity contribution in [3.05, 3.63) is 35.6 Å². The number of carbonyl (C=O) groups is 3. The van der Waals surface area contributed by atoms with E-state index >= 15 is 0 Å². The minimum absolute atomic E-state index is 0.0519. The van der Waals surface area contributed by atoms with Gasteiger partial charge in [0.2, 0.25) is 11.8 Å². The van der Waals surface area contributed by atoms with Crippen LogP contribution in [0.4, 0.5) is 4.39 Å². The predicted octanol–water partition coefficient (Wildman–Crippen LogP) is 1.10. The number of carboxylic acid groups (broad SMARTS) is 1. The van der Waals surface area contributed by atoms with Gasteiger partial charge in [0.25, 0.3) is 0 Å². The third kappa shape index (κ3) is 6.06. The van der Waals surface area contributed by atoms with Crippen LogP contribution in [0.3, 0.4) is 0 Å². The standard InChI is InChI=1S/C16H21FN2O4/c1-9(2)14(18-10(3)20)15(21)19-13(16(22)23)8-11-5-4-6-12(17)7-11/h4-7,9,13-14H,8H2,1-3H3,(H,18,20)(H,19,21)(H,22,23)/t13-,14+/m0/s1. The molecule has 0 aliphatic heterocycles. The molecule has 0 heterocycles. The molecule has 1 aromatic carbocycles. The molecule has 7 heteroatoms. The van der Waals surface area contributed by atoms with Gasteiger partial charge in [-0.1, -0.05) is 26.0 Å². The maximum absolute atomic E-state index is 13.2. The van der Waals surface area contributed by atoms with Gasteiger partial charge in [-0.25, -0.2) is 9.18 Å². The number of rotatable bonds is 7. The molecule has 0 radical (unpaired) electrons. The van der Waals surface area contributed by atoms with Crippen molar-refractivity contribution < 1.29 is 23.9 Å². The molecule has 2 atom stereocenters. The van der Waals surface area contributed by atoms with Crippen molar-refractivity contribution in [2.75, 3.05) is 0 Å². The highest BCUT2D eigenvalue weighted by molar-refractivity contribution is 5.90. The zero-order chi connectivity index (χ0) is 17.6. The zero-order valence-corrected chi connectivity index (χ0v) is 13.3. The summed E-state index contributed by atoms with van der Waals surface area (Å²) in [5.74, 6) is -2.87. The quantitative estimate of drug-likeness (QED) is 0.700. The molecule has 3 N–H and O–H groups in total. The Hall–Kier alpha value is -2.44. The van der Waals surface area contributed by atoms with Crippen LogP contribution in [-0.2, 0) is 20.8 Å². The number of benzene rings is 1. The molecule has 0 spiro atoms. The number of aliphatic carboxylic acids is 1. The second kappa shape index (κ2) is 8.26. The predicted molar refractivity (Wildman–Crippen MR) is 82.1 cm³/mol. The van der Waals surface area contributed by atoms with Crippen molar-refractivity contribution in [3.8, 4) is 0 Å². The number of hydrogen-bond acceptors (Lipinski definition) is 3. The summed E-state index contributed by atoms with van der Waals surface area (Å²) in [5, 5.41) is 14.1. The first-order valence-electron chi connectivity index (χ1n) is 7.25. The molecule has 0 aliphatic carbocycles. The van der Waals surface area contributed by atoms with E-state index in [9.17, 15) is 23.9 Å². The summed E-state index contributed by atoms with van der Waals surface area (Å²) in [4.78, 5) is 34.7. The topological polar surface area (TPSA) is 95.5 Å². The summed E-state index contributed by atoms with van der Waals surface area (Å²) < 4.78 is 13.2. The van der Waals surface area contributed by atoms with Crippen LogP contribution in [-0.4, -0.2) is 35.0 Å². The summed E-state index contributed by atoms with van der Waals surface area (Å²) in [6.07, 6.45) is -0.0519. The van der Waals surface area contributed by atoms with Crippen LogP contribution in [0.15, 0.2) is 24.3 Å². The molecule has 6 nitrogen and oxygen atoms in total. The Bertz CT molecular complexity index is 589. The monoisotopic (exact) mass is 324 g/mol. The van der Waals surface area contributed by atoms with E-state index in [4.69, 9.17) is 0 Å². The van der Waals surface area contributed by atoms with Gasteiger partial charge in [0, 0.05) is 13.3 Å². The maximum Gasteiger partial charge on any atom is 0.326 e. The molecular formula is C16H21FN2O4. The third-order valence-electron chi connectivity index (χ3n) is 3.25. The van der Waals surface area contributed by atoms with E-state index in [2.05, 4.69) is 10.6 Å². The first kappa shape index (κ1) is 18.6. The molecule has 0 saturated carbocycles. The first-order valence-corrected chi connectivity index (χ1v) is 7.25. The number of halogens is 1. The van der Waals surface area contributed by atoms with E-state index in [0.29, 0.717) is 5.56 Å². The lowest BCUT2D eigenvalue weighted by Crippen LogP contribution is -2.53. The van der Waals surface area contributed by atoms with Crippen LogP contribution in [0, 0.1) is 11.7 Å². The lowest BCUT2D eigenvalue weighted by molar-refractivity contribution is -0.142. The average Bonchev–Trinajstić information content (AvgIpc) is 2.43. The Morgan fingerprint density at radius 1 is 1.22 bits per heavy atom. The van der Waals surface area contributed by atoms with Crippen LogP contribution in [0.2, 0.25) is 0 Å². The highest BCUT2D eigenvalue weighted by atomic mass is 19.1. The van der Waals surface area contributed by atoms with Crippen LogP contribution in [0.25, 0.3) is 0 Å². The van der Waals surface area contributed by atoms with Crippen molar-refractivity contribution in [2.24, 2.45) is 5.92 Å². The smallest absolute Gasteiger partial charge is 0.326 e. The molecule has 1 rings (SSSR count). The minimum Gasteiger partial charge on any atom is -0.480 e. The van der Waals surface area contributed by atoms with Gasteiger partial charge in [-0.15, -0.1) is 0 Å². The Morgan fingerprint density at radius 3 is 2.35 bits per heavy atom. The molecule has 0 saturated heterocycles. The summed E-state index contributed by atoms with van der Waals surface area (Å²) in [6.45, 7) is 4.76. The molecule has 0 aromatic heterocycles. The zero-order valence-electron chi connectivity index (χ0n) is 13.3. The fourth-order valence-corrected chi connectivity index (χ4v) is 2.12. The second-order valence-corrected chi connectivity index (χ2v) is 5.66. The Balaban J connectivity index is 2.84. The molecule has 0 fully saturated rings. The Kier molecular flexibility index (Phi) is 6.68. The highest BCUT2D eigenvalue weighted by Gasteiger charge is 2.28. The van der Waals surface area contributed by atoms with Gasteiger partial charge in [-0.2, -0.15) is 0 Å². The number of hydrogen-bond donors (Lipinski definition) is 3. The van der Waals surface area contributed by atoms with E-state index in [0.717, 1.165) is 0 Å². The van der Waals surface area contributed by atoms with Gasteiger partial charge in [-0.3, -0.25) is 9.59 Å². The molecule has 1 aromatic rings. The fourth-order valence-electron chi connectivity index (χ4n) is 2.12. The summed E-state index contributed by atoms with van der Waals surface area (Å²) in [6, 6.07) is 3.49. The van der Waals surface area contributed by atoms with Gasteiger partial charge in [0.15, 0.2) is 0 Å². The minimum atomic E-state index is -1.23. The van der Waals surface area contributed by atoms with Gasteiger partial charge >= 0.3 is 5.97 Å². The van der Waals surface area contributed by atoms with E-state index in [1.165, 1.54) is 25.1 Å². The van der Waals surface area contributed by atoms with E-state index < -0.39 is 29.8 Å². The second-order valence-electron chi connectivity index (χ2n) is 5.66. The molecule has 0 unspecified atom stereocenters. The number of carboxylic acids is 1. The van der Waals surface area contributed by atoms with Crippen molar-refractivity contribution in [3.63, 3.8) is 0 Å². The van der Waals surface area contributed by atoms with Crippen molar-refractivity contribution in [2.45, 2.75) is 39.3 Å². The van der Waals surface area contributed by atoms with Crippen LogP contribution < -0.4 is 10.6 Å². The molecule has 126 valence electrons. The molecule has 0 aliphatic rings. The van der Waals surface area contributed by atoms with Crippen molar-refractivity contribution in [1.29, 1.82) is 0 Å². The molecule has 23 heavy (non-hydrogen) atoms. The first-order chi connectivity index (χ1) is 10.7. The van der Waals surface area contributed by atoms with Crippen LogP contribution in [0.1, 0.15) is 26.3 Å².